The molecule has 0 spiro atoms. The van der Waals surface area contributed by atoms with Gasteiger partial charge in [0.05, 0.1) is 0 Å². The van der Waals surface area contributed by atoms with E-state index in [0.717, 1.165) is 47.5 Å². The van der Waals surface area contributed by atoms with Gasteiger partial charge in [-0.25, -0.2) is 14.4 Å². The summed E-state index contributed by atoms with van der Waals surface area (Å²) in [5.41, 5.74) is 1.58. The van der Waals surface area contributed by atoms with E-state index in [0.29, 0.717) is 5.82 Å². The molecule has 1 amide bonds. The maximum Gasteiger partial charge on any atom is 0.227 e. The first-order valence-electron chi connectivity index (χ1n) is 9.49. The Morgan fingerprint density at radius 3 is 2.41 bits per heavy atom. The standard InChI is InChI=1S/C22H20BrFN4O/c23-17-3-7-19(8-4-17)26-22(29)16-10-13-28(14-11-16)20-9-12-25-21(27-20)15-1-5-18(24)6-2-15/h1-9,12,16H,10-11,13-14H2,(H,26,29). The molecule has 2 aromatic carbocycles. The van der Waals surface area contributed by atoms with E-state index >= 15 is 0 Å². The largest absolute Gasteiger partial charge is 0.356 e. The SMILES string of the molecule is O=C(Nc1ccc(Br)cc1)C1CCN(c2ccnc(-c3ccc(F)cc3)n2)CC1. The van der Waals surface area contributed by atoms with Crippen molar-refractivity contribution in [3.8, 4) is 11.4 Å². The normalized spacial score (nSPS) is 14.6. The van der Waals surface area contributed by atoms with Crippen LogP contribution in [0.15, 0.2) is 65.3 Å². The maximum atomic E-state index is 13.1. The summed E-state index contributed by atoms with van der Waals surface area (Å²) in [7, 11) is 0. The number of amides is 1. The summed E-state index contributed by atoms with van der Waals surface area (Å²) < 4.78 is 14.1. The van der Waals surface area contributed by atoms with Crippen LogP contribution in [0.4, 0.5) is 15.9 Å². The molecule has 0 aliphatic carbocycles. The van der Waals surface area contributed by atoms with E-state index < -0.39 is 0 Å². The number of aromatic nitrogens is 2. The summed E-state index contributed by atoms with van der Waals surface area (Å²) in [6, 6.07) is 15.6. The van der Waals surface area contributed by atoms with Crippen molar-refractivity contribution in [3.63, 3.8) is 0 Å². The molecule has 4 rings (SSSR count). The van der Waals surface area contributed by atoms with Crippen molar-refractivity contribution in [1.82, 2.24) is 9.97 Å². The van der Waals surface area contributed by atoms with Crippen LogP contribution in [0, 0.1) is 11.7 Å². The van der Waals surface area contributed by atoms with Gasteiger partial charge in [-0.3, -0.25) is 4.79 Å². The number of nitrogens with one attached hydrogen (secondary N) is 1. The second-order valence-corrected chi connectivity index (χ2v) is 7.92. The molecule has 1 fully saturated rings. The molecule has 2 heterocycles. The highest BCUT2D eigenvalue weighted by Gasteiger charge is 2.26. The number of carbonyl (C=O) groups is 1. The molecule has 1 aliphatic rings. The van der Waals surface area contributed by atoms with Crippen LogP contribution in [-0.4, -0.2) is 29.0 Å². The second-order valence-electron chi connectivity index (χ2n) is 7.00. The third-order valence-electron chi connectivity index (χ3n) is 5.04. The predicted octanol–water partition coefficient (Wildman–Crippen LogP) is 4.90. The Bertz CT molecular complexity index is 986. The van der Waals surface area contributed by atoms with Crippen LogP contribution in [0.2, 0.25) is 0 Å². The third-order valence-corrected chi connectivity index (χ3v) is 5.57. The van der Waals surface area contributed by atoms with E-state index in [1.165, 1.54) is 12.1 Å². The van der Waals surface area contributed by atoms with Gasteiger partial charge in [0.15, 0.2) is 5.82 Å². The van der Waals surface area contributed by atoms with Crippen LogP contribution in [0.3, 0.4) is 0 Å². The lowest BCUT2D eigenvalue weighted by molar-refractivity contribution is -0.120. The number of hydrogen-bond acceptors (Lipinski definition) is 4. The van der Waals surface area contributed by atoms with E-state index in [2.05, 4.69) is 36.1 Å². The van der Waals surface area contributed by atoms with Gasteiger partial charge < -0.3 is 10.2 Å². The molecule has 1 aliphatic heterocycles. The van der Waals surface area contributed by atoms with E-state index in [1.807, 2.05) is 30.3 Å². The number of carbonyl (C=O) groups excluding carboxylic acids is 1. The van der Waals surface area contributed by atoms with Crippen molar-refractivity contribution in [2.45, 2.75) is 12.8 Å². The molecule has 1 aromatic heterocycles. The molecule has 29 heavy (non-hydrogen) atoms. The minimum Gasteiger partial charge on any atom is -0.356 e. The zero-order valence-corrected chi connectivity index (χ0v) is 17.3. The first kappa shape index (κ1) is 19.5. The highest BCUT2D eigenvalue weighted by atomic mass is 79.9. The van der Waals surface area contributed by atoms with Crippen LogP contribution in [0.5, 0.6) is 0 Å². The number of piperidine rings is 1. The quantitative estimate of drug-likeness (QED) is 0.608. The molecule has 1 saturated heterocycles. The minimum absolute atomic E-state index is 0.0201. The van der Waals surface area contributed by atoms with Crippen molar-refractivity contribution >= 4 is 33.3 Å². The van der Waals surface area contributed by atoms with Gasteiger partial charge in [0.25, 0.3) is 0 Å². The molecule has 0 radical (unpaired) electrons. The number of rotatable bonds is 4. The van der Waals surface area contributed by atoms with Gasteiger partial charge in [-0.05, 0) is 67.4 Å². The Kier molecular flexibility index (Phi) is 5.85. The predicted molar refractivity (Wildman–Crippen MR) is 115 cm³/mol. The average molecular weight is 455 g/mol. The highest BCUT2D eigenvalue weighted by Crippen LogP contribution is 2.25. The van der Waals surface area contributed by atoms with E-state index in [4.69, 9.17) is 0 Å². The molecule has 148 valence electrons. The Morgan fingerprint density at radius 1 is 1.03 bits per heavy atom. The number of benzene rings is 2. The fraction of sp³-hybridized carbons (Fsp3) is 0.227. The van der Waals surface area contributed by atoms with Crippen molar-refractivity contribution in [1.29, 1.82) is 0 Å². The monoisotopic (exact) mass is 454 g/mol. The molecule has 0 atom stereocenters. The topological polar surface area (TPSA) is 58.1 Å². The molecule has 0 unspecified atom stereocenters. The zero-order valence-electron chi connectivity index (χ0n) is 15.7. The number of anilines is 2. The Morgan fingerprint density at radius 2 is 1.72 bits per heavy atom. The first-order chi connectivity index (χ1) is 14.1. The summed E-state index contributed by atoms with van der Waals surface area (Å²) in [5, 5.41) is 2.99. The zero-order chi connectivity index (χ0) is 20.2. The molecular formula is C22H20BrFN4O. The average Bonchev–Trinajstić information content (AvgIpc) is 2.76. The summed E-state index contributed by atoms with van der Waals surface area (Å²) in [6.07, 6.45) is 3.24. The minimum atomic E-state index is -0.284. The van der Waals surface area contributed by atoms with Crippen LogP contribution in [-0.2, 0) is 4.79 Å². The Balaban J connectivity index is 1.38. The summed E-state index contributed by atoms with van der Waals surface area (Å²) in [4.78, 5) is 23.7. The molecule has 5 nitrogen and oxygen atoms in total. The highest BCUT2D eigenvalue weighted by molar-refractivity contribution is 9.10. The van der Waals surface area contributed by atoms with Gasteiger partial charge in [-0.1, -0.05) is 15.9 Å². The number of hydrogen-bond donors (Lipinski definition) is 1. The lowest BCUT2D eigenvalue weighted by atomic mass is 9.96. The fourth-order valence-corrected chi connectivity index (χ4v) is 3.68. The molecule has 3 aromatic rings. The molecule has 0 saturated carbocycles. The van der Waals surface area contributed by atoms with E-state index in [9.17, 15) is 9.18 Å². The Hall–Kier alpha value is -2.80. The molecule has 0 bridgehead atoms. The van der Waals surface area contributed by atoms with Crippen molar-refractivity contribution < 1.29 is 9.18 Å². The van der Waals surface area contributed by atoms with E-state index in [-0.39, 0.29) is 17.6 Å². The maximum absolute atomic E-state index is 13.1. The number of nitrogens with zero attached hydrogens (tertiary/aromatic N) is 3. The van der Waals surface area contributed by atoms with Crippen LogP contribution < -0.4 is 10.2 Å². The first-order valence-corrected chi connectivity index (χ1v) is 10.3. The molecular weight excluding hydrogens is 435 g/mol. The third kappa shape index (κ3) is 4.79. The van der Waals surface area contributed by atoms with Gasteiger partial charge in [-0.2, -0.15) is 0 Å². The summed E-state index contributed by atoms with van der Waals surface area (Å²) in [5.74, 6) is 1.15. The molecule has 7 heteroatoms. The number of halogens is 2. The fourth-order valence-electron chi connectivity index (χ4n) is 3.41. The van der Waals surface area contributed by atoms with Gasteiger partial charge >= 0.3 is 0 Å². The van der Waals surface area contributed by atoms with Gasteiger partial charge in [0, 0.05) is 40.9 Å². The smallest absolute Gasteiger partial charge is 0.227 e. The summed E-state index contributed by atoms with van der Waals surface area (Å²) in [6.45, 7) is 1.50. The van der Waals surface area contributed by atoms with Crippen LogP contribution in [0.1, 0.15) is 12.8 Å². The molecule has 1 N–H and O–H groups in total. The van der Waals surface area contributed by atoms with E-state index in [1.54, 1.807) is 18.3 Å². The van der Waals surface area contributed by atoms with Gasteiger partial charge in [-0.15, -0.1) is 0 Å². The van der Waals surface area contributed by atoms with Crippen molar-refractivity contribution in [2.24, 2.45) is 5.92 Å². The Labute approximate surface area is 177 Å². The van der Waals surface area contributed by atoms with Crippen molar-refractivity contribution in [2.75, 3.05) is 23.3 Å². The van der Waals surface area contributed by atoms with Crippen molar-refractivity contribution in [3.05, 3.63) is 71.1 Å². The lowest BCUT2D eigenvalue weighted by Crippen LogP contribution is -2.38. The second kappa shape index (κ2) is 8.69. The van der Waals surface area contributed by atoms with Gasteiger partial charge in [0.1, 0.15) is 11.6 Å². The summed E-state index contributed by atoms with van der Waals surface area (Å²) >= 11 is 3.39. The van der Waals surface area contributed by atoms with Crippen LogP contribution >= 0.6 is 15.9 Å². The lowest BCUT2D eigenvalue weighted by Gasteiger charge is -2.32. The van der Waals surface area contributed by atoms with Gasteiger partial charge in [0.2, 0.25) is 5.91 Å². The van der Waals surface area contributed by atoms with Crippen LogP contribution in [0.25, 0.3) is 11.4 Å².